The van der Waals surface area contributed by atoms with Gasteiger partial charge in [0.15, 0.2) is 11.5 Å². The van der Waals surface area contributed by atoms with Crippen LogP contribution in [0.15, 0.2) is 42.5 Å². The Kier molecular flexibility index (Phi) is 6.14. The smallest absolute Gasteiger partial charge is 0.160 e. The highest BCUT2D eigenvalue weighted by molar-refractivity contribution is 6.30. The van der Waals surface area contributed by atoms with Gasteiger partial charge in [-0.05, 0) is 67.0 Å². The molecule has 0 aromatic heterocycles. The lowest BCUT2D eigenvalue weighted by Crippen LogP contribution is -2.00. The Balaban J connectivity index is 1.80. The highest BCUT2D eigenvalue weighted by atomic mass is 35.5. The molecule has 2 rings (SSSR count). The molecule has 118 valence electrons. The van der Waals surface area contributed by atoms with Crippen LogP contribution in [0.5, 0.6) is 11.5 Å². The van der Waals surface area contributed by atoms with Crippen molar-refractivity contribution in [1.29, 1.82) is 0 Å². The summed E-state index contributed by atoms with van der Waals surface area (Å²) in [7, 11) is 1.58. The number of phenolic OH excluding ortho intramolecular Hbond substituents is 1. The van der Waals surface area contributed by atoms with Crippen molar-refractivity contribution in [3.8, 4) is 11.5 Å². The van der Waals surface area contributed by atoms with E-state index >= 15 is 0 Å². The van der Waals surface area contributed by atoms with Gasteiger partial charge in [0.25, 0.3) is 0 Å². The normalized spacial score (nSPS) is 12.1. The lowest BCUT2D eigenvalue weighted by atomic mass is 9.95. The van der Waals surface area contributed by atoms with E-state index in [1.54, 1.807) is 13.2 Å². The topological polar surface area (TPSA) is 29.5 Å². The van der Waals surface area contributed by atoms with Crippen LogP contribution in [-0.2, 0) is 12.8 Å². The number of hydrogen-bond acceptors (Lipinski definition) is 2. The van der Waals surface area contributed by atoms with E-state index < -0.39 is 0 Å². The first-order valence-corrected chi connectivity index (χ1v) is 8.06. The average Bonchev–Trinajstić information content (AvgIpc) is 2.53. The molecule has 0 heterocycles. The molecule has 1 atom stereocenters. The molecular formula is C19H23ClO2. The maximum atomic E-state index is 9.61. The highest BCUT2D eigenvalue weighted by Gasteiger charge is 2.06. The summed E-state index contributed by atoms with van der Waals surface area (Å²) in [5.41, 5.74) is 2.54. The Bertz CT molecular complexity index is 593. The molecule has 2 aromatic carbocycles. The van der Waals surface area contributed by atoms with Crippen molar-refractivity contribution in [2.24, 2.45) is 5.92 Å². The van der Waals surface area contributed by atoms with Gasteiger partial charge in [-0.15, -0.1) is 0 Å². The Labute approximate surface area is 137 Å². The molecule has 0 bridgehead atoms. The number of aromatic hydroxyl groups is 1. The first-order chi connectivity index (χ1) is 10.6. The summed E-state index contributed by atoms with van der Waals surface area (Å²) in [6, 6.07) is 13.7. The minimum absolute atomic E-state index is 0.196. The van der Waals surface area contributed by atoms with E-state index in [0.717, 1.165) is 30.7 Å². The second-order valence-electron chi connectivity index (χ2n) is 5.82. The van der Waals surface area contributed by atoms with E-state index in [1.165, 1.54) is 11.1 Å². The summed E-state index contributed by atoms with van der Waals surface area (Å²) in [5.74, 6) is 1.39. The first-order valence-electron chi connectivity index (χ1n) is 7.69. The van der Waals surface area contributed by atoms with Crippen LogP contribution in [0.2, 0.25) is 5.02 Å². The molecule has 0 saturated heterocycles. The maximum absolute atomic E-state index is 9.61. The molecule has 3 heteroatoms. The Hall–Kier alpha value is -1.67. The second kappa shape index (κ2) is 8.09. The number of hydrogen-bond donors (Lipinski definition) is 1. The van der Waals surface area contributed by atoms with Gasteiger partial charge < -0.3 is 9.84 Å². The van der Waals surface area contributed by atoms with Crippen molar-refractivity contribution in [2.45, 2.75) is 32.6 Å². The molecule has 0 radical (unpaired) electrons. The molecule has 1 unspecified atom stereocenters. The van der Waals surface area contributed by atoms with Crippen LogP contribution in [-0.4, -0.2) is 12.2 Å². The lowest BCUT2D eigenvalue weighted by Gasteiger charge is -2.12. The quantitative estimate of drug-likeness (QED) is 0.755. The van der Waals surface area contributed by atoms with E-state index in [9.17, 15) is 5.11 Å². The van der Waals surface area contributed by atoms with Gasteiger partial charge in [-0.2, -0.15) is 0 Å². The molecule has 0 aliphatic rings. The van der Waals surface area contributed by atoms with Crippen LogP contribution >= 0.6 is 11.6 Å². The minimum atomic E-state index is 0.196. The van der Waals surface area contributed by atoms with Crippen LogP contribution in [0, 0.1) is 5.92 Å². The molecule has 0 aliphatic heterocycles. The number of aryl methyl sites for hydroxylation is 2. The SMILES string of the molecule is COc1cc(CCC(C)CCc2ccc(Cl)cc2)ccc1O. The molecular weight excluding hydrogens is 296 g/mol. The molecule has 2 nitrogen and oxygen atoms in total. The second-order valence-corrected chi connectivity index (χ2v) is 6.25. The van der Waals surface area contributed by atoms with Crippen LogP contribution in [0.3, 0.4) is 0 Å². The molecule has 2 aromatic rings. The molecule has 1 N–H and O–H groups in total. The minimum Gasteiger partial charge on any atom is -0.504 e. The van der Waals surface area contributed by atoms with Crippen LogP contribution in [0.4, 0.5) is 0 Å². The largest absolute Gasteiger partial charge is 0.504 e. The van der Waals surface area contributed by atoms with Gasteiger partial charge in [-0.3, -0.25) is 0 Å². The Morgan fingerprint density at radius 2 is 1.59 bits per heavy atom. The van der Waals surface area contributed by atoms with Gasteiger partial charge >= 0.3 is 0 Å². The number of rotatable bonds is 7. The zero-order valence-corrected chi connectivity index (χ0v) is 13.9. The summed E-state index contributed by atoms with van der Waals surface area (Å²) < 4.78 is 5.15. The summed E-state index contributed by atoms with van der Waals surface area (Å²) in [4.78, 5) is 0. The van der Waals surface area contributed by atoms with E-state index in [-0.39, 0.29) is 5.75 Å². The van der Waals surface area contributed by atoms with Gasteiger partial charge in [-0.1, -0.05) is 36.7 Å². The van der Waals surface area contributed by atoms with Gasteiger partial charge in [0, 0.05) is 5.02 Å². The number of ether oxygens (including phenoxy) is 1. The molecule has 22 heavy (non-hydrogen) atoms. The molecule has 0 spiro atoms. The number of benzene rings is 2. The van der Waals surface area contributed by atoms with Crippen LogP contribution in [0.25, 0.3) is 0 Å². The predicted molar refractivity (Wildman–Crippen MR) is 91.9 cm³/mol. The number of halogens is 1. The van der Waals surface area contributed by atoms with Crippen molar-refractivity contribution in [3.05, 3.63) is 58.6 Å². The number of methoxy groups -OCH3 is 1. The van der Waals surface area contributed by atoms with E-state index in [1.807, 2.05) is 24.3 Å². The Morgan fingerprint density at radius 3 is 2.23 bits per heavy atom. The Morgan fingerprint density at radius 1 is 1.00 bits per heavy atom. The van der Waals surface area contributed by atoms with Crippen molar-refractivity contribution in [2.75, 3.05) is 7.11 Å². The predicted octanol–water partition coefficient (Wildman–Crippen LogP) is 5.26. The van der Waals surface area contributed by atoms with Gasteiger partial charge in [0.05, 0.1) is 7.11 Å². The summed E-state index contributed by atoms with van der Waals surface area (Å²) in [5, 5.41) is 10.4. The van der Waals surface area contributed by atoms with E-state index in [4.69, 9.17) is 16.3 Å². The van der Waals surface area contributed by atoms with Crippen LogP contribution < -0.4 is 4.74 Å². The van der Waals surface area contributed by atoms with E-state index in [0.29, 0.717) is 11.7 Å². The van der Waals surface area contributed by atoms with Crippen molar-refractivity contribution in [3.63, 3.8) is 0 Å². The summed E-state index contributed by atoms with van der Waals surface area (Å²) >= 11 is 5.90. The molecule has 0 saturated carbocycles. The van der Waals surface area contributed by atoms with Crippen molar-refractivity contribution in [1.82, 2.24) is 0 Å². The third-order valence-corrected chi connectivity index (χ3v) is 4.26. The summed E-state index contributed by atoms with van der Waals surface area (Å²) in [6.45, 7) is 2.29. The van der Waals surface area contributed by atoms with Crippen molar-refractivity contribution < 1.29 is 9.84 Å². The van der Waals surface area contributed by atoms with Crippen molar-refractivity contribution >= 4 is 11.6 Å². The van der Waals surface area contributed by atoms with Crippen LogP contribution in [0.1, 0.15) is 30.9 Å². The standard InChI is InChI=1S/C19H23ClO2/c1-14(3-5-15-7-10-17(20)11-8-15)4-6-16-9-12-18(21)19(13-16)22-2/h7-14,21H,3-6H2,1-2H3. The molecule has 0 aliphatic carbocycles. The maximum Gasteiger partial charge on any atom is 0.160 e. The fourth-order valence-corrected chi connectivity index (χ4v) is 2.63. The third kappa shape index (κ3) is 4.96. The monoisotopic (exact) mass is 318 g/mol. The average molecular weight is 319 g/mol. The van der Waals surface area contributed by atoms with Gasteiger partial charge in [-0.25, -0.2) is 0 Å². The third-order valence-electron chi connectivity index (χ3n) is 4.01. The fourth-order valence-electron chi connectivity index (χ4n) is 2.50. The fraction of sp³-hybridized carbons (Fsp3) is 0.368. The van der Waals surface area contributed by atoms with Gasteiger partial charge in [0.2, 0.25) is 0 Å². The zero-order chi connectivity index (χ0) is 15.9. The first kappa shape index (κ1) is 16.7. The van der Waals surface area contributed by atoms with E-state index in [2.05, 4.69) is 19.1 Å². The summed E-state index contributed by atoms with van der Waals surface area (Å²) in [6.07, 6.45) is 4.37. The lowest BCUT2D eigenvalue weighted by molar-refractivity contribution is 0.372. The number of phenols is 1. The van der Waals surface area contributed by atoms with Gasteiger partial charge in [0.1, 0.15) is 0 Å². The molecule has 0 amide bonds. The zero-order valence-electron chi connectivity index (χ0n) is 13.2. The highest BCUT2D eigenvalue weighted by Crippen LogP contribution is 2.27. The molecule has 0 fully saturated rings.